The predicted molar refractivity (Wildman–Crippen MR) is 65.6 cm³/mol. The second-order valence-corrected chi connectivity index (χ2v) is 13.3. The van der Waals surface area contributed by atoms with E-state index in [0.717, 1.165) is 12.1 Å². The van der Waals surface area contributed by atoms with Gasteiger partial charge in [-0.15, -0.1) is 0 Å². The molecule has 0 aromatic rings. The van der Waals surface area contributed by atoms with Crippen molar-refractivity contribution in [1.82, 2.24) is 0 Å². The van der Waals surface area contributed by atoms with Crippen molar-refractivity contribution in [3.8, 4) is 0 Å². The van der Waals surface area contributed by atoms with Crippen molar-refractivity contribution < 1.29 is 16.5 Å². The van der Waals surface area contributed by atoms with Gasteiger partial charge in [-0.3, -0.25) is 0 Å². The summed E-state index contributed by atoms with van der Waals surface area (Å²) in [6.45, 7) is 8.39. The van der Waals surface area contributed by atoms with Crippen LogP contribution in [0.3, 0.4) is 0 Å². The normalized spacial score (nSPS) is 40.3. The minimum absolute atomic E-state index is 1.02. The maximum Gasteiger partial charge on any atom is 0.303 e. The van der Waals surface area contributed by atoms with E-state index in [1.165, 1.54) is 0 Å². The molecule has 0 amide bonds. The molecule has 0 bridgehead atoms. The molecule has 0 spiro atoms. The molecule has 0 aromatic carbocycles. The van der Waals surface area contributed by atoms with E-state index in [9.17, 15) is 0 Å². The van der Waals surface area contributed by atoms with Crippen LogP contribution in [0, 0.1) is 0 Å². The van der Waals surface area contributed by atoms with Crippen LogP contribution < -0.4 is 0 Å². The standard InChI is InChI=1S/C6H20O4Si4/c1-5-13-8-11(3)7-12(4)9-14(6-2)10-13/h11-14H,5-6H2,1-4H3. The smallest absolute Gasteiger partial charge is 0.303 e. The zero-order chi connectivity index (χ0) is 10.6. The van der Waals surface area contributed by atoms with Gasteiger partial charge >= 0.3 is 18.6 Å². The van der Waals surface area contributed by atoms with Crippen LogP contribution in [0.25, 0.3) is 0 Å². The van der Waals surface area contributed by atoms with Crippen LogP contribution >= 0.6 is 0 Å². The van der Waals surface area contributed by atoms with Crippen molar-refractivity contribution in [2.75, 3.05) is 0 Å². The van der Waals surface area contributed by atoms with Gasteiger partial charge in [0.1, 0.15) is 0 Å². The van der Waals surface area contributed by atoms with E-state index in [2.05, 4.69) is 26.9 Å². The second kappa shape index (κ2) is 6.32. The quantitative estimate of drug-likeness (QED) is 0.673. The molecule has 1 rings (SSSR count). The van der Waals surface area contributed by atoms with Crippen molar-refractivity contribution in [3.63, 3.8) is 0 Å². The van der Waals surface area contributed by atoms with Crippen LogP contribution in [0.5, 0.6) is 0 Å². The monoisotopic (exact) mass is 268 g/mol. The van der Waals surface area contributed by atoms with Gasteiger partial charge < -0.3 is 16.5 Å². The van der Waals surface area contributed by atoms with E-state index in [4.69, 9.17) is 16.5 Å². The first-order valence-corrected chi connectivity index (χ1v) is 13.0. The highest BCUT2D eigenvalue weighted by atomic mass is 28.5. The van der Waals surface area contributed by atoms with E-state index < -0.39 is 37.1 Å². The van der Waals surface area contributed by atoms with E-state index in [1.807, 2.05) is 0 Å². The van der Waals surface area contributed by atoms with Gasteiger partial charge in [-0.1, -0.05) is 13.8 Å². The van der Waals surface area contributed by atoms with Gasteiger partial charge in [-0.2, -0.15) is 0 Å². The summed E-state index contributed by atoms with van der Waals surface area (Å²) in [5, 5.41) is 0. The molecule has 0 saturated carbocycles. The van der Waals surface area contributed by atoms with Gasteiger partial charge in [0.05, 0.1) is 0 Å². The molecule has 0 aromatic heterocycles. The Kier molecular flexibility index (Phi) is 5.77. The van der Waals surface area contributed by atoms with Gasteiger partial charge in [0.25, 0.3) is 18.6 Å². The molecule has 1 aliphatic heterocycles. The number of rotatable bonds is 2. The summed E-state index contributed by atoms with van der Waals surface area (Å²) >= 11 is 0. The van der Waals surface area contributed by atoms with Crippen LogP contribution in [0.1, 0.15) is 13.8 Å². The summed E-state index contributed by atoms with van der Waals surface area (Å²) in [5.74, 6) is 0. The van der Waals surface area contributed by atoms with E-state index in [-0.39, 0.29) is 0 Å². The van der Waals surface area contributed by atoms with Gasteiger partial charge in [0.15, 0.2) is 0 Å². The molecule has 4 nitrogen and oxygen atoms in total. The Hall–Kier alpha value is 0.708. The maximum atomic E-state index is 5.95. The zero-order valence-electron chi connectivity index (χ0n) is 9.36. The third-order valence-electron chi connectivity index (χ3n) is 2.04. The Labute approximate surface area is 92.9 Å². The Morgan fingerprint density at radius 2 is 1.14 bits per heavy atom. The lowest BCUT2D eigenvalue weighted by Gasteiger charge is -2.31. The average Bonchev–Trinajstić information content (AvgIpc) is 2.12. The first-order valence-electron chi connectivity index (χ1n) is 5.27. The lowest BCUT2D eigenvalue weighted by molar-refractivity contribution is 0.288. The summed E-state index contributed by atoms with van der Waals surface area (Å²) in [6, 6.07) is 2.03. The van der Waals surface area contributed by atoms with Crippen LogP contribution in [-0.4, -0.2) is 37.1 Å². The molecule has 0 radical (unpaired) electrons. The third kappa shape index (κ3) is 4.06. The Balaban J connectivity index is 2.52. The highest BCUT2D eigenvalue weighted by Gasteiger charge is 2.28. The summed E-state index contributed by atoms with van der Waals surface area (Å²) in [5.41, 5.74) is 0. The van der Waals surface area contributed by atoms with Gasteiger partial charge in [0.2, 0.25) is 0 Å². The average molecular weight is 269 g/mol. The highest BCUT2D eigenvalue weighted by molar-refractivity contribution is 6.73. The van der Waals surface area contributed by atoms with E-state index in [1.54, 1.807) is 0 Å². The predicted octanol–water partition coefficient (Wildman–Crippen LogP) is 0.248. The molecule has 1 aliphatic rings. The molecule has 4 atom stereocenters. The summed E-state index contributed by atoms with van der Waals surface area (Å²) < 4.78 is 23.5. The second-order valence-electron chi connectivity index (χ2n) is 3.36. The molecule has 1 heterocycles. The first-order chi connectivity index (χ1) is 6.65. The van der Waals surface area contributed by atoms with Crippen LogP contribution in [-0.2, 0) is 16.5 Å². The molecule has 14 heavy (non-hydrogen) atoms. The maximum absolute atomic E-state index is 5.95. The SMILES string of the molecule is CC[SiH]1O[SiH](C)O[SiH](C)O[SiH](CC)O1. The Morgan fingerprint density at radius 1 is 0.714 bits per heavy atom. The number of hydrogen-bond acceptors (Lipinski definition) is 4. The van der Waals surface area contributed by atoms with Gasteiger partial charge in [-0.25, -0.2) is 0 Å². The van der Waals surface area contributed by atoms with Crippen molar-refractivity contribution in [3.05, 3.63) is 0 Å². The molecular formula is C6H20O4Si4. The highest BCUT2D eigenvalue weighted by Crippen LogP contribution is 2.11. The summed E-state index contributed by atoms with van der Waals surface area (Å²) in [4.78, 5) is 0. The lowest BCUT2D eigenvalue weighted by Crippen LogP contribution is -2.46. The van der Waals surface area contributed by atoms with E-state index in [0.29, 0.717) is 0 Å². The third-order valence-corrected chi connectivity index (χ3v) is 14.4. The van der Waals surface area contributed by atoms with Crippen molar-refractivity contribution in [2.45, 2.75) is 39.0 Å². The topological polar surface area (TPSA) is 36.9 Å². The molecule has 1 fully saturated rings. The minimum Gasteiger partial charge on any atom is -0.420 e. The van der Waals surface area contributed by atoms with Crippen LogP contribution in [0.4, 0.5) is 0 Å². The molecule has 0 N–H and O–H groups in total. The Bertz CT molecular complexity index is 156. The van der Waals surface area contributed by atoms with Crippen LogP contribution in [0.15, 0.2) is 0 Å². The van der Waals surface area contributed by atoms with Gasteiger partial charge in [-0.05, 0) is 25.2 Å². The summed E-state index contributed by atoms with van der Waals surface area (Å²) in [7, 11) is -5.78. The van der Waals surface area contributed by atoms with Crippen molar-refractivity contribution in [1.29, 1.82) is 0 Å². The molecule has 1 saturated heterocycles. The lowest BCUT2D eigenvalue weighted by atomic mass is 11.0. The van der Waals surface area contributed by atoms with Crippen LogP contribution in [0.2, 0.25) is 25.2 Å². The molecular weight excluding hydrogens is 248 g/mol. The van der Waals surface area contributed by atoms with Crippen molar-refractivity contribution >= 4 is 37.1 Å². The largest absolute Gasteiger partial charge is 0.420 e. The summed E-state index contributed by atoms with van der Waals surface area (Å²) in [6.07, 6.45) is 0. The minimum atomic E-state index is -1.44. The first kappa shape index (κ1) is 12.8. The Morgan fingerprint density at radius 3 is 1.50 bits per heavy atom. The van der Waals surface area contributed by atoms with Crippen molar-refractivity contribution in [2.24, 2.45) is 0 Å². The molecule has 0 aliphatic carbocycles. The van der Waals surface area contributed by atoms with E-state index >= 15 is 0 Å². The molecule has 84 valence electrons. The molecule has 8 heteroatoms. The fourth-order valence-corrected chi connectivity index (χ4v) is 14.7. The number of hydrogen-bond donors (Lipinski definition) is 0. The molecule has 4 unspecified atom stereocenters. The fourth-order valence-electron chi connectivity index (χ4n) is 1.38. The fraction of sp³-hybridized carbons (Fsp3) is 1.00. The zero-order valence-corrected chi connectivity index (χ0v) is 14.0. The van der Waals surface area contributed by atoms with Gasteiger partial charge in [0, 0.05) is 0 Å².